The predicted octanol–water partition coefficient (Wildman–Crippen LogP) is 3.70. The standard InChI is InChI=1S/C16H24N2O3/c1-3-4-5-6-7-11-15(19)18-13-9-8-10-14(12-13)21-16(20)17-2/h8-10,12H,3-7,11H2,1-2H3,(H,17,20)(H,18,19). The summed E-state index contributed by atoms with van der Waals surface area (Å²) in [7, 11) is 1.49. The van der Waals surface area contributed by atoms with Crippen LogP contribution in [0.2, 0.25) is 0 Å². The summed E-state index contributed by atoms with van der Waals surface area (Å²) in [6.07, 6.45) is 5.57. The molecule has 5 nitrogen and oxygen atoms in total. The molecule has 0 aliphatic heterocycles. The average Bonchev–Trinajstić information content (AvgIpc) is 2.47. The van der Waals surface area contributed by atoms with Gasteiger partial charge in [0.1, 0.15) is 5.75 Å². The van der Waals surface area contributed by atoms with Gasteiger partial charge in [0, 0.05) is 25.2 Å². The molecule has 0 saturated heterocycles. The van der Waals surface area contributed by atoms with Gasteiger partial charge < -0.3 is 15.4 Å². The molecule has 0 fully saturated rings. The van der Waals surface area contributed by atoms with Crippen LogP contribution in [0.15, 0.2) is 24.3 Å². The van der Waals surface area contributed by atoms with Crippen molar-refractivity contribution in [3.63, 3.8) is 0 Å². The van der Waals surface area contributed by atoms with Gasteiger partial charge in [-0.25, -0.2) is 4.79 Å². The molecule has 0 heterocycles. The first-order valence-electron chi connectivity index (χ1n) is 7.45. The van der Waals surface area contributed by atoms with Crippen LogP contribution in [0.4, 0.5) is 10.5 Å². The van der Waals surface area contributed by atoms with Gasteiger partial charge in [-0.1, -0.05) is 38.7 Å². The fraction of sp³-hybridized carbons (Fsp3) is 0.500. The van der Waals surface area contributed by atoms with Crippen molar-refractivity contribution in [3.8, 4) is 5.75 Å². The number of benzene rings is 1. The molecule has 0 atom stereocenters. The maximum Gasteiger partial charge on any atom is 0.412 e. The third-order valence-electron chi connectivity index (χ3n) is 3.04. The van der Waals surface area contributed by atoms with E-state index in [0.717, 1.165) is 12.8 Å². The lowest BCUT2D eigenvalue weighted by atomic mass is 10.1. The van der Waals surface area contributed by atoms with Gasteiger partial charge in [-0.15, -0.1) is 0 Å². The van der Waals surface area contributed by atoms with Crippen molar-refractivity contribution in [2.24, 2.45) is 0 Å². The van der Waals surface area contributed by atoms with Crippen molar-refractivity contribution >= 4 is 17.7 Å². The summed E-state index contributed by atoms with van der Waals surface area (Å²) in [5, 5.41) is 5.18. The van der Waals surface area contributed by atoms with E-state index in [1.54, 1.807) is 24.3 Å². The maximum absolute atomic E-state index is 11.8. The van der Waals surface area contributed by atoms with Crippen LogP contribution in [-0.2, 0) is 4.79 Å². The second-order valence-electron chi connectivity index (χ2n) is 4.88. The molecule has 0 radical (unpaired) electrons. The highest BCUT2D eigenvalue weighted by atomic mass is 16.5. The zero-order valence-electron chi connectivity index (χ0n) is 12.8. The molecule has 0 saturated carbocycles. The molecule has 1 aromatic carbocycles. The second-order valence-corrected chi connectivity index (χ2v) is 4.88. The Morgan fingerprint density at radius 3 is 2.62 bits per heavy atom. The highest BCUT2D eigenvalue weighted by Crippen LogP contribution is 2.18. The fourth-order valence-electron chi connectivity index (χ4n) is 1.91. The van der Waals surface area contributed by atoms with E-state index in [1.807, 2.05) is 0 Å². The molecule has 2 N–H and O–H groups in total. The number of amides is 2. The molecule has 116 valence electrons. The minimum Gasteiger partial charge on any atom is -0.410 e. The Morgan fingerprint density at radius 2 is 1.90 bits per heavy atom. The molecular formula is C16H24N2O3. The summed E-state index contributed by atoms with van der Waals surface area (Å²) < 4.78 is 5.01. The van der Waals surface area contributed by atoms with Crippen LogP contribution < -0.4 is 15.4 Å². The van der Waals surface area contributed by atoms with E-state index in [4.69, 9.17) is 4.74 Å². The third-order valence-corrected chi connectivity index (χ3v) is 3.04. The molecule has 0 aliphatic rings. The van der Waals surface area contributed by atoms with Crippen LogP contribution in [0.5, 0.6) is 5.75 Å². The van der Waals surface area contributed by atoms with Crippen molar-refractivity contribution in [1.29, 1.82) is 0 Å². The number of hydrogen-bond acceptors (Lipinski definition) is 3. The molecule has 2 amide bonds. The number of ether oxygens (including phenoxy) is 1. The molecule has 0 bridgehead atoms. The van der Waals surface area contributed by atoms with Crippen LogP contribution in [0.3, 0.4) is 0 Å². The van der Waals surface area contributed by atoms with Crippen molar-refractivity contribution in [2.45, 2.75) is 45.4 Å². The largest absolute Gasteiger partial charge is 0.412 e. The summed E-state index contributed by atoms with van der Waals surface area (Å²) in [5.74, 6) is 0.388. The number of carbonyl (C=O) groups is 2. The Labute approximate surface area is 126 Å². The summed E-state index contributed by atoms with van der Waals surface area (Å²) >= 11 is 0. The molecule has 0 aromatic heterocycles. The third kappa shape index (κ3) is 7.34. The van der Waals surface area contributed by atoms with Gasteiger partial charge in [0.25, 0.3) is 0 Å². The topological polar surface area (TPSA) is 67.4 Å². The molecular weight excluding hydrogens is 268 g/mol. The number of unbranched alkanes of at least 4 members (excludes halogenated alkanes) is 4. The first kappa shape index (κ1) is 17.0. The molecule has 5 heteroatoms. The molecule has 0 unspecified atom stereocenters. The smallest absolute Gasteiger partial charge is 0.410 e. The quantitative estimate of drug-likeness (QED) is 0.718. The van der Waals surface area contributed by atoms with Crippen LogP contribution in [0.1, 0.15) is 45.4 Å². The second kappa shape index (κ2) is 9.80. The van der Waals surface area contributed by atoms with E-state index < -0.39 is 6.09 Å². The van der Waals surface area contributed by atoms with Crippen molar-refractivity contribution in [3.05, 3.63) is 24.3 Å². The molecule has 1 aromatic rings. The maximum atomic E-state index is 11.8. The molecule has 0 aliphatic carbocycles. The zero-order chi connectivity index (χ0) is 15.5. The van der Waals surface area contributed by atoms with Crippen molar-refractivity contribution < 1.29 is 14.3 Å². The lowest BCUT2D eigenvalue weighted by Crippen LogP contribution is -2.22. The van der Waals surface area contributed by atoms with Crippen LogP contribution in [0, 0.1) is 0 Å². The first-order valence-corrected chi connectivity index (χ1v) is 7.45. The molecule has 1 rings (SSSR count). The van der Waals surface area contributed by atoms with Crippen LogP contribution in [-0.4, -0.2) is 19.0 Å². The fourth-order valence-corrected chi connectivity index (χ4v) is 1.91. The van der Waals surface area contributed by atoms with Crippen LogP contribution in [0.25, 0.3) is 0 Å². The van der Waals surface area contributed by atoms with Crippen molar-refractivity contribution in [1.82, 2.24) is 5.32 Å². The van der Waals surface area contributed by atoms with E-state index in [-0.39, 0.29) is 5.91 Å². The molecule has 21 heavy (non-hydrogen) atoms. The minimum atomic E-state index is -0.533. The number of hydrogen-bond donors (Lipinski definition) is 2. The monoisotopic (exact) mass is 292 g/mol. The predicted molar refractivity (Wildman–Crippen MR) is 83.5 cm³/mol. The lowest BCUT2D eigenvalue weighted by molar-refractivity contribution is -0.116. The van der Waals surface area contributed by atoms with E-state index in [1.165, 1.54) is 26.3 Å². The van der Waals surface area contributed by atoms with E-state index in [9.17, 15) is 9.59 Å². The van der Waals surface area contributed by atoms with Crippen LogP contribution >= 0.6 is 0 Å². The van der Waals surface area contributed by atoms with E-state index in [2.05, 4.69) is 17.6 Å². The number of nitrogens with one attached hydrogen (secondary N) is 2. The number of carbonyl (C=O) groups excluding carboxylic acids is 2. The van der Waals surface area contributed by atoms with Gasteiger partial charge in [-0.2, -0.15) is 0 Å². The Kier molecular flexibility index (Phi) is 7.94. The van der Waals surface area contributed by atoms with Gasteiger partial charge in [-0.3, -0.25) is 4.79 Å². The summed E-state index contributed by atoms with van der Waals surface area (Å²) in [5.41, 5.74) is 0.634. The number of anilines is 1. The van der Waals surface area contributed by atoms with Gasteiger partial charge in [0.2, 0.25) is 5.91 Å². The summed E-state index contributed by atoms with van der Waals surface area (Å²) in [6.45, 7) is 2.17. The van der Waals surface area contributed by atoms with E-state index in [0.29, 0.717) is 17.9 Å². The Hall–Kier alpha value is -2.04. The average molecular weight is 292 g/mol. The molecule has 0 spiro atoms. The summed E-state index contributed by atoms with van der Waals surface area (Å²) in [4.78, 5) is 22.9. The Balaban J connectivity index is 2.38. The number of rotatable bonds is 8. The Morgan fingerprint density at radius 1 is 1.14 bits per heavy atom. The minimum absolute atomic E-state index is 0.0106. The SMILES string of the molecule is CCCCCCCC(=O)Nc1cccc(OC(=O)NC)c1. The van der Waals surface area contributed by atoms with E-state index >= 15 is 0 Å². The lowest BCUT2D eigenvalue weighted by Gasteiger charge is -2.08. The summed E-state index contributed by atoms with van der Waals surface area (Å²) in [6, 6.07) is 6.79. The highest BCUT2D eigenvalue weighted by Gasteiger charge is 2.05. The normalized spacial score (nSPS) is 10.0. The first-order chi connectivity index (χ1) is 10.2. The zero-order valence-corrected chi connectivity index (χ0v) is 12.8. The Bertz CT molecular complexity index is 461. The van der Waals surface area contributed by atoms with Gasteiger partial charge in [0.05, 0.1) is 0 Å². The van der Waals surface area contributed by atoms with Crippen molar-refractivity contribution in [2.75, 3.05) is 12.4 Å². The van der Waals surface area contributed by atoms with Gasteiger partial charge in [-0.05, 0) is 18.6 Å². The highest BCUT2D eigenvalue weighted by molar-refractivity contribution is 5.90. The van der Waals surface area contributed by atoms with Gasteiger partial charge in [0.15, 0.2) is 0 Å². The van der Waals surface area contributed by atoms with Gasteiger partial charge >= 0.3 is 6.09 Å².